The van der Waals surface area contributed by atoms with Crippen LogP contribution in [-0.2, 0) is 11.2 Å². The van der Waals surface area contributed by atoms with E-state index in [0.717, 1.165) is 24.3 Å². The number of rotatable bonds is 4. The van der Waals surface area contributed by atoms with Gasteiger partial charge in [-0.2, -0.15) is 5.26 Å². The monoisotopic (exact) mass is 256 g/mol. The van der Waals surface area contributed by atoms with Gasteiger partial charge in [0.05, 0.1) is 12.7 Å². The third-order valence-electron chi connectivity index (χ3n) is 3.02. The molecule has 0 fully saturated rings. The van der Waals surface area contributed by atoms with Crippen LogP contribution in [0.25, 0.3) is 6.08 Å². The zero-order valence-electron chi connectivity index (χ0n) is 10.8. The Hall–Kier alpha value is -2.28. The SMILES string of the molecule is CCC(C#N)NC(=O)/C=C/c1ccc2c(c1)CCO2. The highest BCUT2D eigenvalue weighted by atomic mass is 16.5. The Labute approximate surface area is 112 Å². The summed E-state index contributed by atoms with van der Waals surface area (Å²) in [5.74, 6) is 0.683. The Morgan fingerprint density at radius 2 is 2.47 bits per heavy atom. The fourth-order valence-electron chi connectivity index (χ4n) is 1.93. The second-order valence-corrected chi connectivity index (χ2v) is 4.40. The molecule has 1 unspecified atom stereocenters. The smallest absolute Gasteiger partial charge is 0.245 e. The number of carbonyl (C=O) groups excluding carboxylic acids is 1. The Morgan fingerprint density at radius 3 is 3.21 bits per heavy atom. The lowest BCUT2D eigenvalue weighted by atomic mass is 10.1. The lowest BCUT2D eigenvalue weighted by Gasteiger charge is -2.05. The molecule has 0 radical (unpaired) electrons. The van der Waals surface area contributed by atoms with Crippen LogP contribution in [0.3, 0.4) is 0 Å². The minimum Gasteiger partial charge on any atom is -0.493 e. The molecule has 1 aliphatic heterocycles. The average molecular weight is 256 g/mol. The summed E-state index contributed by atoms with van der Waals surface area (Å²) in [5, 5.41) is 11.4. The second-order valence-electron chi connectivity index (χ2n) is 4.40. The van der Waals surface area contributed by atoms with Crippen molar-refractivity contribution in [3.05, 3.63) is 35.4 Å². The largest absolute Gasteiger partial charge is 0.493 e. The van der Waals surface area contributed by atoms with Crippen molar-refractivity contribution in [3.63, 3.8) is 0 Å². The highest BCUT2D eigenvalue weighted by Gasteiger charge is 2.11. The van der Waals surface area contributed by atoms with Crippen LogP contribution >= 0.6 is 0 Å². The molecule has 0 aliphatic carbocycles. The first-order chi connectivity index (χ1) is 9.22. The average Bonchev–Trinajstić information content (AvgIpc) is 2.89. The van der Waals surface area contributed by atoms with Gasteiger partial charge in [-0.25, -0.2) is 0 Å². The van der Waals surface area contributed by atoms with Gasteiger partial charge in [0.1, 0.15) is 11.8 Å². The highest BCUT2D eigenvalue weighted by Crippen LogP contribution is 2.26. The van der Waals surface area contributed by atoms with Gasteiger partial charge >= 0.3 is 0 Å². The number of ether oxygens (including phenoxy) is 1. The first kappa shape index (κ1) is 13.2. The van der Waals surface area contributed by atoms with Crippen molar-refractivity contribution in [2.45, 2.75) is 25.8 Å². The van der Waals surface area contributed by atoms with Crippen molar-refractivity contribution >= 4 is 12.0 Å². The first-order valence-electron chi connectivity index (χ1n) is 6.37. The van der Waals surface area contributed by atoms with E-state index in [0.29, 0.717) is 6.42 Å². The summed E-state index contributed by atoms with van der Waals surface area (Å²) in [7, 11) is 0. The van der Waals surface area contributed by atoms with E-state index in [1.807, 2.05) is 31.2 Å². The molecule has 0 bridgehead atoms. The van der Waals surface area contributed by atoms with Gasteiger partial charge in [0.25, 0.3) is 0 Å². The summed E-state index contributed by atoms with van der Waals surface area (Å²) in [6.07, 6.45) is 4.72. The minimum atomic E-state index is -0.425. The topological polar surface area (TPSA) is 62.1 Å². The summed E-state index contributed by atoms with van der Waals surface area (Å²) in [4.78, 5) is 11.6. The Morgan fingerprint density at radius 1 is 1.63 bits per heavy atom. The van der Waals surface area contributed by atoms with Crippen LogP contribution in [-0.4, -0.2) is 18.6 Å². The van der Waals surface area contributed by atoms with Gasteiger partial charge in [0.2, 0.25) is 5.91 Å². The van der Waals surface area contributed by atoms with Crippen molar-refractivity contribution in [2.24, 2.45) is 0 Å². The molecule has 4 heteroatoms. The molecular weight excluding hydrogens is 240 g/mol. The van der Waals surface area contributed by atoms with Crippen molar-refractivity contribution in [1.82, 2.24) is 5.32 Å². The number of amides is 1. The first-order valence-corrected chi connectivity index (χ1v) is 6.37. The fraction of sp³-hybridized carbons (Fsp3) is 0.333. The zero-order valence-corrected chi connectivity index (χ0v) is 10.8. The van der Waals surface area contributed by atoms with Crippen molar-refractivity contribution < 1.29 is 9.53 Å². The molecule has 2 rings (SSSR count). The molecule has 98 valence electrons. The lowest BCUT2D eigenvalue weighted by molar-refractivity contribution is -0.116. The number of carbonyl (C=O) groups is 1. The summed E-state index contributed by atoms with van der Waals surface area (Å²) >= 11 is 0. The van der Waals surface area contributed by atoms with Crippen LogP contribution in [0, 0.1) is 11.3 Å². The Kier molecular flexibility index (Phi) is 4.19. The molecule has 19 heavy (non-hydrogen) atoms. The third-order valence-corrected chi connectivity index (χ3v) is 3.02. The second kappa shape index (κ2) is 6.05. The Bertz CT molecular complexity index is 544. The molecule has 1 aromatic rings. The van der Waals surface area contributed by atoms with Gasteiger partial charge in [-0.15, -0.1) is 0 Å². The zero-order chi connectivity index (χ0) is 13.7. The quantitative estimate of drug-likeness (QED) is 0.839. The number of hydrogen-bond donors (Lipinski definition) is 1. The van der Waals surface area contributed by atoms with Gasteiger partial charge in [-0.1, -0.05) is 13.0 Å². The van der Waals surface area contributed by atoms with Crippen LogP contribution in [0.4, 0.5) is 0 Å². The van der Waals surface area contributed by atoms with E-state index in [-0.39, 0.29) is 5.91 Å². The summed E-state index contributed by atoms with van der Waals surface area (Å²) in [6, 6.07) is 7.46. The molecule has 1 atom stereocenters. The predicted octanol–water partition coefficient (Wildman–Crippen LogP) is 2.05. The number of benzene rings is 1. The summed E-state index contributed by atoms with van der Waals surface area (Å²) in [5.41, 5.74) is 2.13. The molecule has 0 spiro atoms. The van der Waals surface area contributed by atoms with Crippen LogP contribution in [0.15, 0.2) is 24.3 Å². The van der Waals surface area contributed by atoms with E-state index in [2.05, 4.69) is 5.32 Å². The summed E-state index contributed by atoms with van der Waals surface area (Å²) in [6.45, 7) is 2.59. The standard InChI is InChI=1S/C15H16N2O2/c1-2-13(10-16)17-15(18)6-4-11-3-5-14-12(9-11)7-8-19-14/h3-6,9,13H,2,7-8H2,1H3,(H,17,18)/b6-4+. The molecule has 0 saturated heterocycles. The van der Waals surface area contributed by atoms with Crippen molar-refractivity contribution in [1.29, 1.82) is 5.26 Å². The third kappa shape index (κ3) is 3.35. The molecular formula is C15H16N2O2. The number of hydrogen-bond acceptors (Lipinski definition) is 3. The predicted molar refractivity (Wildman–Crippen MR) is 72.5 cm³/mol. The van der Waals surface area contributed by atoms with Crippen LogP contribution in [0.1, 0.15) is 24.5 Å². The molecule has 1 N–H and O–H groups in total. The normalized spacial score (nSPS) is 14.5. The van der Waals surface area contributed by atoms with E-state index in [4.69, 9.17) is 10.00 Å². The van der Waals surface area contributed by atoms with E-state index in [1.54, 1.807) is 6.08 Å². The minimum absolute atomic E-state index is 0.245. The molecule has 0 saturated carbocycles. The van der Waals surface area contributed by atoms with Gasteiger partial charge in [-0.05, 0) is 35.8 Å². The van der Waals surface area contributed by atoms with Crippen LogP contribution in [0.5, 0.6) is 5.75 Å². The molecule has 4 nitrogen and oxygen atoms in total. The van der Waals surface area contributed by atoms with Crippen molar-refractivity contribution in [2.75, 3.05) is 6.61 Å². The fourth-order valence-corrected chi connectivity index (χ4v) is 1.93. The summed E-state index contributed by atoms with van der Waals surface area (Å²) < 4.78 is 5.42. The van der Waals surface area contributed by atoms with Crippen LogP contribution < -0.4 is 10.1 Å². The highest BCUT2D eigenvalue weighted by molar-refractivity contribution is 5.92. The van der Waals surface area contributed by atoms with E-state index in [1.165, 1.54) is 11.6 Å². The molecule has 1 aliphatic rings. The number of nitriles is 1. The van der Waals surface area contributed by atoms with E-state index >= 15 is 0 Å². The van der Waals surface area contributed by atoms with Gasteiger partial charge < -0.3 is 10.1 Å². The van der Waals surface area contributed by atoms with Gasteiger partial charge in [0, 0.05) is 12.5 Å². The van der Waals surface area contributed by atoms with E-state index < -0.39 is 6.04 Å². The number of nitrogens with zero attached hydrogens (tertiary/aromatic N) is 1. The number of fused-ring (bicyclic) bond motifs is 1. The van der Waals surface area contributed by atoms with E-state index in [9.17, 15) is 4.79 Å². The maximum absolute atomic E-state index is 11.6. The molecule has 0 aromatic heterocycles. The maximum Gasteiger partial charge on any atom is 0.245 e. The maximum atomic E-state index is 11.6. The molecule has 1 heterocycles. The van der Waals surface area contributed by atoms with Gasteiger partial charge in [-0.3, -0.25) is 4.79 Å². The van der Waals surface area contributed by atoms with Gasteiger partial charge in [0.15, 0.2) is 0 Å². The molecule has 1 amide bonds. The van der Waals surface area contributed by atoms with Crippen molar-refractivity contribution in [3.8, 4) is 11.8 Å². The number of nitrogens with one attached hydrogen (secondary N) is 1. The molecule has 1 aromatic carbocycles. The van der Waals surface area contributed by atoms with Crippen LogP contribution in [0.2, 0.25) is 0 Å². The lowest BCUT2D eigenvalue weighted by Crippen LogP contribution is -2.31. The Balaban J connectivity index is 1.99.